The molecule has 1 aromatic carbocycles. The molecule has 2 aliphatic rings. The Morgan fingerprint density at radius 1 is 1.48 bits per heavy atom. The van der Waals surface area contributed by atoms with Crippen LogP contribution in [0.1, 0.15) is 5.56 Å². The van der Waals surface area contributed by atoms with E-state index in [2.05, 4.69) is 10.0 Å². The first-order valence-corrected chi connectivity index (χ1v) is 9.36. The first-order chi connectivity index (χ1) is 10.0. The first-order valence-electron chi connectivity index (χ1n) is 6.72. The number of thioether (sulfide) groups is 1. The van der Waals surface area contributed by atoms with Crippen molar-refractivity contribution in [3.63, 3.8) is 0 Å². The molecule has 0 radical (unpaired) electrons. The van der Waals surface area contributed by atoms with Crippen molar-refractivity contribution in [3.8, 4) is 0 Å². The molecule has 0 saturated carbocycles. The van der Waals surface area contributed by atoms with Crippen LogP contribution in [0, 0.1) is 0 Å². The molecule has 0 aliphatic carbocycles. The average Bonchev–Trinajstić information content (AvgIpc) is 3.15. The fourth-order valence-electron chi connectivity index (χ4n) is 2.61. The van der Waals surface area contributed by atoms with Gasteiger partial charge in [-0.15, -0.1) is 11.8 Å². The van der Waals surface area contributed by atoms with Crippen molar-refractivity contribution in [2.45, 2.75) is 17.4 Å². The van der Waals surface area contributed by atoms with Gasteiger partial charge in [0.1, 0.15) is 0 Å². The molecule has 2 heterocycles. The van der Waals surface area contributed by atoms with E-state index >= 15 is 0 Å². The number of benzene rings is 1. The fourth-order valence-corrected chi connectivity index (χ4v) is 4.30. The van der Waals surface area contributed by atoms with Crippen LogP contribution < -0.4 is 14.9 Å². The van der Waals surface area contributed by atoms with E-state index in [1.165, 1.54) is 7.05 Å². The Balaban J connectivity index is 1.93. The Bertz CT molecular complexity index is 669. The number of nitrogens with one attached hydrogen (secondary N) is 2. The maximum atomic E-state index is 12.5. The van der Waals surface area contributed by atoms with E-state index < -0.39 is 10.0 Å². The van der Waals surface area contributed by atoms with Crippen LogP contribution in [0.5, 0.6) is 0 Å². The summed E-state index contributed by atoms with van der Waals surface area (Å²) in [7, 11) is -2.12. The molecule has 114 valence electrons. The van der Waals surface area contributed by atoms with Gasteiger partial charge in [-0.25, -0.2) is 13.1 Å². The van der Waals surface area contributed by atoms with Crippen LogP contribution in [0.25, 0.3) is 0 Å². The number of anilines is 1. The van der Waals surface area contributed by atoms with Crippen LogP contribution in [0.3, 0.4) is 0 Å². The Hall–Kier alpha value is -1.09. The number of rotatable bonds is 3. The van der Waals surface area contributed by atoms with Gasteiger partial charge in [-0.3, -0.25) is 10.1 Å². The standard InChI is InChI=1S/C13H17N3O3S2/c1-14-21(18,19)10-3-2-9-4-5-16(12(9)6-10)13(17)11-7-20-8-15-11/h2-3,6,11,14-15H,4-5,7-8H2,1H3. The Labute approximate surface area is 128 Å². The molecule has 0 aromatic heterocycles. The summed E-state index contributed by atoms with van der Waals surface area (Å²) in [5, 5.41) is 3.16. The lowest BCUT2D eigenvalue weighted by Gasteiger charge is -2.21. The van der Waals surface area contributed by atoms with Gasteiger partial charge in [-0.2, -0.15) is 0 Å². The van der Waals surface area contributed by atoms with Crippen LogP contribution in [-0.4, -0.2) is 45.6 Å². The van der Waals surface area contributed by atoms with Crippen molar-refractivity contribution in [1.29, 1.82) is 0 Å². The second-order valence-corrected chi connectivity index (χ2v) is 7.93. The zero-order valence-corrected chi connectivity index (χ0v) is 13.3. The summed E-state index contributed by atoms with van der Waals surface area (Å²) >= 11 is 1.70. The average molecular weight is 327 g/mol. The summed E-state index contributed by atoms with van der Waals surface area (Å²) in [6, 6.07) is 4.80. The number of sulfonamides is 1. The van der Waals surface area contributed by atoms with Gasteiger partial charge in [0.2, 0.25) is 15.9 Å². The number of nitrogens with zero attached hydrogens (tertiary/aromatic N) is 1. The summed E-state index contributed by atoms with van der Waals surface area (Å²) in [5.41, 5.74) is 1.74. The Morgan fingerprint density at radius 2 is 2.29 bits per heavy atom. The molecule has 1 amide bonds. The van der Waals surface area contributed by atoms with Crippen molar-refractivity contribution in [2.24, 2.45) is 0 Å². The second-order valence-electron chi connectivity index (χ2n) is 5.01. The lowest BCUT2D eigenvalue weighted by molar-refractivity contribution is -0.119. The molecule has 2 N–H and O–H groups in total. The molecule has 3 rings (SSSR count). The third kappa shape index (κ3) is 2.68. The molecule has 1 aromatic rings. The molecule has 6 nitrogen and oxygen atoms in total. The van der Waals surface area contributed by atoms with Crippen LogP contribution >= 0.6 is 11.8 Å². The van der Waals surface area contributed by atoms with Crippen molar-refractivity contribution in [2.75, 3.05) is 30.1 Å². The summed E-state index contributed by atoms with van der Waals surface area (Å²) in [6.45, 7) is 0.611. The highest BCUT2D eigenvalue weighted by Gasteiger charge is 2.32. The third-order valence-corrected chi connectivity index (χ3v) is 6.16. The molecule has 0 spiro atoms. The molecule has 1 saturated heterocycles. The highest BCUT2D eigenvalue weighted by Crippen LogP contribution is 2.31. The topological polar surface area (TPSA) is 78.5 Å². The summed E-state index contributed by atoms with van der Waals surface area (Å²) in [6.07, 6.45) is 0.765. The maximum Gasteiger partial charge on any atom is 0.245 e. The first kappa shape index (κ1) is 14.8. The van der Waals surface area contributed by atoms with E-state index in [1.807, 2.05) is 0 Å². The van der Waals surface area contributed by atoms with E-state index in [4.69, 9.17) is 0 Å². The predicted molar refractivity (Wildman–Crippen MR) is 83.0 cm³/mol. The molecule has 21 heavy (non-hydrogen) atoms. The SMILES string of the molecule is CNS(=O)(=O)c1ccc2c(c1)N(C(=O)C1CSCN1)CC2. The zero-order valence-electron chi connectivity index (χ0n) is 11.6. The molecule has 0 bridgehead atoms. The number of carbonyl (C=O) groups is 1. The highest BCUT2D eigenvalue weighted by atomic mass is 32.2. The van der Waals surface area contributed by atoms with Gasteiger partial charge in [0.15, 0.2) is 0 Å². The minimum absolute atomic E-state index is 0.0257. The normalized spacial score (nSPS) is 21.6. The monoisotopic (exact) mass is 327 g/mol. The smallest absolute Gasteiger partial charge is 0.245 e. The van der Waals surface area contributed by atoms with E-state index in [9.17, 15) is 13.2 Å². The number of hydrogen-bond donors (Lipinski definition) is 2. The minimum atomic E-state index is -3.50. The van der Waals surface area contributed by atoms with Gasteiger partial charge in [0.05, 0.1) is 10.9 Å². The van der Waals surface area contributed by atoms with Crippen molar-refractivity contribution < 1.29 is 13.2 Å². The van der Waals surface area contributed by atoms with Gasteiger partial charge in [0, 0.05) is 23.9 Å². The fraction of sp³-hybridized carbons (Fsp3) is 0.462. The van der Waals surface area contributed by atoms with Crippen LogP contribution in [-0.2, 0) is 21.2 Å². The summed E-state index contributed by atoms with van der Waals surface area (Å²) < 4.78 is 26.1. The lowest BCUT2D eigenvalue weighted by atomic mass is 10.2. The van der Waals surface area contributed by atoms with Gasteiger partial charge in [-0.05, 0) is 31.2 Å². The van der Waals surface area contributed by atoms with Crippen molar-refractivity contribution in [1.82, 2.24) is 10.0 Å². The van der Waals surface area contributed by atoms with E-state index in [1.54, 1.807) is 34.9 Å². The molecular formula is C13H17N3O3S2. The quantitative estimate of drug-likeness (QED) is 0.826. The third-order valence-electron chi connectivity index (χ3n) is 3.81. The van der Waals surface area contributed by atoms with E-state index in [0.29, 0.717) is 6.54 Å². The Kier molecular flexibility index (Phi) is 3.96. The molecule has 8 heteroatoms. The second kappa shape index (κ2) is 5.60. The van der Waals surface area contributed by atoms with Gasteiger partial charge < -0.3 is 4.90 Å². The molecule has 1 atom stereocenters. The van der Waals surface area contributed by atoms with Crippen LogP contribution in [0.4, 0.5) is 5.69 Å². The number of carbonyl (C=O) groups excluding carboxylic acids is 1. The zero-order chi connectivity index (χ0) is 15.0. The van der Waals surface area contributed by atoms with Crippen LogP contribution in [0.15, 0.2) is 23.1 Å². The predicted octanol–water partition coefficient (Wildman–Crippen LogP) is 0.146. The number of amides is 1. The number of fused-ring (bicyclic) bond motifs is 1. The largest absolute Gasteiger partial charge is 0.310 e. The Morgan fingerprint density at radius 3 is 2.95 bits per heavy atom. The molecule has 1 fully saturated rings. The lowest BCUT2D eigenvalue weighted by Crippen LogP contribution is -2.44. The van der Waals surface area contributed by atoms with Crippen molar-refractivity contribution >= 4 is 33.4 Å². The summed E-state index contributed by atoms with van der Waals surface area (Å²) in [4.78, 5) is 14.4. The van der Waals surface area contributed by atoms with Gasteiger partial charge in [0.25, 0.3) is 0 Å². The van der Waals surface area contributed by atoms with E-state index in [0.717, 1.165) is 29.3 Å². The van der Waals surface area contributed by atoms with Crippen LogP contribution in [0.2, 0.25) is 0 Å². The highest BCUT2D eigenvalue weighted by molar-refractivity contribution is 7.99. The van der Waals surface area contributed by atoms with E-state index in [-0.39, 0.29) is 16.8 Å². The van der Waals surface area contributed by atoms with Crippen molar-refractivity contribution in [3.05, 3.63) is 23.8 Å². The molecular weight excluding hydrogens is 310 g/mol. The molecule has 1 unspecified atom stereocenters. The minimum Gasteiger partial charge on any atom is -0.310 e. The summed E-state index contributed by atoms with van der Waals surface area (Å²) in [5.74, 6) is 1.57. The van der Waals surface area contributed by atoms with Gasteiger partial charge >= 0.3 is 0 Å². The number of hydrogen-bond acceptors (Lipinski definition) is 5. The molecule has 2 aliphatic heterocycles. The van der Waals surface area contributed by atoms with Gasteiger partial charge in [-0.1, -0.05) is 6.07 Å². The maximum absolute atomic E-state index is 12.5.